The molecular weight excluding hydrogens is 423 g/mol. The van der Waals surface area contributed by atoms with Crippen LogP contribution in [-0.2, 0) is 11.3 Å². The Morgan fingerprint density at radius 1 is 1.39 bits per heavy atom. The van der Waals surface area contributed by atoms with Gasteiger partial charge in [-0.1, -0.05) is 12.8 Å². The summed E-state index contributed by atoms with van der Waals surface area (Å²) in [6, 6.07) is 2.60. The fraction of sp³-hybridized carbons (Fsp3) is 0.625. The van der Waals surface area contributed by atoms with E-state index in [1.807, 2.05) is 0 Å². The molecule has 0 unspecified atom stereocenters. The molecule has 1 aliphatic rings. The fourth-order valence-electron chi connectivity index (χ4n) is 2.45. The van der Waals surface area contributed by atoms with Crippen molar-refractivity contribution in [2.45, 2.75) is 45.2 Å². The molecule has 0 bridgehead atoms. The lowest BCUT2D eigenvalue weighted by atomic mass is 10.2. The highest BCUT2D eigenvalue weighted by atomic mass is 127. The molecule has 1 aromatic rings. The molecule has 0 aromatic carbocycles. The standard InChI is InChI=1S/C16H26N4OS.HI/c1-12-8-9-22-14(12)10-17-16(18-11-15(21)20(2)3)19-13-6-4-5-7-13;/h8-9,13H,4-7,10-11H2,1-3H3,(H2,17,18,19);1H. The Balaban J connectivity index is 0.00000264. The van der Waals surface area contributed by atoms with Crippen molar-refractivity contribution in [1.82, 2.24) is 15.5 Å². The summed E-state index contributed by atoms with van der Waals surface area (Å²) in [6.45, 7) is 3.04. The van der Waals surface area contributed by atoms with Crippen molar-refractivity contribution in [2.24, 2.45) is 4.99 Å². The number of carbonyl (C=O) groups excluding carboxylic acids is 1. The van der Waals surface area contributed by atoms with E-state index < -0.39 is 0 Å². The maximum absolute atomic E-state index is 11.7. The number of carbonyl (C=O) groups is 1. The lowest BCUT2D eigenvalue weighted by Gasteiger charge is -2.18. The largest absolute Gasteiger partial charge is 0.354 e. The summed E-state index contributed by atoms with van der Waals surface area (Å²) in [5.41, 5.74) is 1.29. The van der Waals surface area contributed by atoms with Gasteiger partial charge in [0.1, 0.15) is 6.54 Å². The quantitative estimate of drug-likeness (QED) is 0.412. The topological polar surface area (TPSA) is 56.7 Å². The molecule has 0 aliphatic heterocycles. The average molecular weight is 450 g/mol. The Hall–Kier alpha value is -0.830. The van der Waals surface area contributed by atoms with Crippen LogP contribution in [0.1, 0.15) is 36.1 Å². The average Bonchev–Trinajstić information content (AvgIpc) is 3.13. The lowest BCUT2D eigenvalue weighted by Crippen LogP contribution is -2.42. The third-order valence-corrected chi connectivity index (χ3v) is 4.97. The highest BCUT2D eigenvalue weighted by Gasteiger charge is 2.16. The van der Waals surface area contributed by atoms with Gasteiger partial charge in [-0.2, -0.15) is 0 Å². The van der Waals surface area contributed by atoms with Crippen LogP contribution in [0, 0.1) is 6.92 Å². The molecule has 2 rings (SSSR count). The van der Waals surface area contributed by atoms with Crippen molar-refractivity contribution >= 4 is 47.2 Å². The Morgan fingerprint density at radius 3 is 2.65 bits per heavy atom. The van der Waals surface area contributed by atoms with Crippen molar-refractivity contribution in [3.05, 3.63) is 21.9 Å². The first-order valence-electron chi connectivity index (χ1n) is 7.84. The number of nitrogens with zero attached hydrogens (tertiary/aromatic N) is 2. The van der Waals surface area contributed by atoms with Crippen molar-refractivity contribution in [2.75, 3.05) is 20.6 Å². The predicted octanol–water partition coefficient (Wildman–Crippen LogP) is 2.74. The number of thiophene rings is 1. The number of hydrogen-bond donors (Lipinski definition) is 2. The number of amides is 1. The zero-order valence-electron chi connectivity index (χ0n) is 14.1. The van der Waals surface area contributed by atoms with E-state index >= 15 is 0 Å². The van der Waals surface area contributed by atoms with Crippen LogP contribution in [0.3, 0.4) is 0 Å². The van der Waals surface area contributed by atoms with Gasteiger partial charge in [-0.15, -0.1) is 35.3 Å². The maximum Gasteiger partial charge on any atom is 0.243 e. The predicted molar refractivity (Wildman–Crippen MR) is 108 cm³/mol. The molecule has 1 saturated carbocycles. The summed E-state index contributed by atoms with van der Waals surface area (Å²) < 4.78 is 0. The molecule has 0 atom stereocenters. The number of guanidine groups is 1. The van der Waals surface area contributed by atoms with Crippen LogP contribution in [0.5, 0.6) is 0 Å². The second kappa shape index (κ2) is 10.1. The molecule has 1 amide bonds. The molecule has 1 fully saturated rings. The molecule has 0 radical (unpaired) electrons. The third-order valence-electron chi connectivity index (χ3n) is 3.95. The van der Waals surface area contributed by atoms with Crippen LogP contribution < -0.4 is 10.6 Å². The van der Waals surface area contributed by atoms with Gasteiger partial charge in [0.25, 0.3) is 0 Å². The molecule has 1 aliphatic carbocycles. The van der Waals surface area contributed by atoms with E-state index in [1.54, 1.807) is 30.3 Å². The minimum Gasteiger partial charge on any atom is -0.354 e. The van der Waals surface area contributed by atoms with E-state index in [4.69, 9.17) is 0 Å². The third kappa shape index (κ3) is 6.66. The summed E-state index contributed by atoms with van der Waals surface area (Å²) in [7, 11) is 3.51. The van der Waals surface area contributed by atoms with E-state index in [1.165, 1.54) is 36.1 Å². The molecular formula is C16H27IN4OS. The molecule has 23 heavy (non-hydrogen) atoms. The summed E-state index contributed by atoms with van der Waals surface area (Å²) >= 11 is 1.74. The number of rotatable bonds is 5. The number of aryl methyl sites for hydroxylation is 1. The van der Waals surface area contributed by atoms with Crippen molar-refractivity contribution in [3.8, 4) is 0 Å². The van der Waals surface area contributed by atoms with E-state index in [2.05, 4.69) is 34.0 Å². The minimum atomic E-state index is 0. The van der Waals surface area contributed by atoms with Crippen molar-refractivity contribution < 1.29 is 4.79 Å². The van der Waals surface area contributed by atoms with Crippen LogP contribution in [0.4, 0.5) is 0 Å². The van der Waals surface area contributed by atoms with Gasteiger partial charge in [0.2, 0.25) is 5.91 Å². The SMILES string of the molecule is Cc1ccsc1CNC(=NCC(=O)N(C)C)NC1CCCC1.I. The number of halogens is 1. The highest BCUT2D eigenvalue weighted by Crippen LogP contribution is 2.18. The highest BCUT2D eigenvalue weighted by molar-refractivity contribution is 14.0. The van der Waals surface area contributed by atoms with Crippen LogP contribution in [0.15, 0.2) is 16.4 Å². The zero-order valence-corrected chi connectivity index (χ0v) is 17.2. The van der Waals surface area contributed by atoms with Gasteiger partial charge >= 0.3 is 0 Å². The van der Waals surface area contributed by atoms with Gasteiger partial charge in [0, 0.05) is 25.0 Å². The van der Waals surface area contributed by atoms with Crippen molar-refractivity contribution in [3.63, 3.8) is 0 Å². The van der Waals surface area contributed by atoms with Gasteiger partial charge < -0.3 is 15.5 Å². The number of hydrogen-bond acceptors (Lipinski definition) is 3. The van der Waals surface area contributed by atoms with Crippen LogP contribution >= 0.6 is 35.3 Å². The number of nitrogens with one attached hydrogen (secondary N) is 2. The van der Waals surface area contributed by atoms with Crippen molar-refractivity contribution in [1.29, 1.82) is 0 Å². The first-order valence-corrected chi connectivity index (χ1v) is 8.72. The Kier molecular flexibility index (Phi) is 8.90. The van der Waals surface area contributed by atoms with E-state index in [9.17, 15) is 4.79 Å². The van der Waals surface area contributed by atoms with E-state index in [-0.39, 0.29) is 36.4 Å². The van der Waals surface area contributed by atoms with E-state index in [0.717, 1.165) is 12.5 Å². The molecule has 0 saturated heterocycles. The van der Waals surface area contributed by atoms with Gasteiger partial charge in [0.05, 0.1) is 6.54 Å². The van der Waals surface area contributed by atoms with Crippen LogP contribution in [0.25, 0.3) is 0 Å². The number of aliphatic imine (C=N–C) groups is 1. The summed E-state index contributed by atoms with van der Waals surface area (Å²) in [5, 5.41) is 8.93. The summed E-state index contributed by atoms with van der Waals surface area (Å²) in [4.78, 5) is 19.1. The van der Waals surface area contributed by atoms with E-state index in [0.29, 0.717) is 6.04 Å². The lowest BCUT2D eigenvalue weighted by molar-refractivity contribution is -0.127. The summed E-state index contributed by atoms with van der Waals surface area (Å²) in [6.07, 6.45) is 4.90. The molecule has 1 heterocycles. The second-order valence-corrected chi connectivity index (χ2v) is 6.96. The fourth-order valence-corrected chi connectivity index (χ4v) is 3.30. The Labute approximate surface area is 160 Å². The molecule has 130 valence electrons. The molecule has 1 aromatic heterocycles. The maximum atomic E-state index is 11.7. The van der Waals surface area contributed by atoms with Gasteiger partial charge in [-0.05, 0) is 36.8 Å². The minimum absolute atomic E-state index is 0. The Morgan fingerprint density at radius 2 is 2.09 bits per heavy atom. The molecule has 7 heteroatoms. The van der Waals surface area contributed by atoms with Crippen LogP contribution in [0.2, 0.25) is 0 Å². The molecule has 0 spiro atoms. The van der Waals surface area contributed by atoms with Gasteiger partial charge in [-0.25, -0.2) is 4.99 Å². The number of likely N-dealkylation sites (N-methyl/N-ethyl adjacent to an activating group) is 1. The second-order valence-electron chi connectivity index (χ2n) is 5.96. The van der Waals surface area contributed by atoms with Gasteiger partial charge in [0.15, 0.2) is 5.96 Å². The zero-order chi connectivity index (χ0) is 15.9. The molecule has 2 N–H and O–H groups in total. The monoisotopic (exact) mass is 450 g/mol. The van der Waals surface area contributed by atoms with Gasteiger partial charge in [-0.3, -0.25) is 4.79 Å². The first-order chi connectivity index (χ1) is 10.6. The first kappa shape index (κ1) is 20.2. The van der Waals surface area contributed by atoms with Crippen LogP contribution in [-0.4, -0.2) is 43.4 Å². The smallest absolute Gasteiger partial charge is 0.243 e. The molecule has 5 nitrogen and oxygen atoms in total. The Bertz CT molecular complexity index is 524. The normalized spacial score (nSPS) is 15.2. The summed E-state index contributed by atoms with van der Waals surface area (Å²) in [5.74, 6) is 0.759.